The fourth-order valence-electron chi connectivity index (χ4n) is 1.58. The van der Waals surface area contributed by atoms with Crippen molar-refractivity contribution in [3.63, 3.8) is 0 Å². The van der Waals surface area contributed by atoms with Gasteiger partial charge in [-0.05, 0) is 6.92 Å². The molecule has 6 heteroatoms. The van der Waals surface area contributed by atoms with Crippen LogP contribution in [0.1, 0.15) is 12.1 Å². The Morgan fingerprint density at radius 1 is 1.38 bits per heavy atom. The van der Waals surface area contributed by atoms with Crippen molar-refractivity contribution in [3.05, 3.63) is 18.1 Å². The lowest BCUT2D eigenvalue weighted by Gasteiger charge is -2.12. The van der Waals surface area contributed by atoms with Crippen molar-refractivity contribution in [1.82, 2.24) is 14.9 Å². The average molecular weight is 220 g/mol. The number of anilines is 1. The molecular weight excluding hydrogens is 208 g/mol. The first-order valence-electron chi connectivity index (χ1n) is 4.94. The normalized spacial score (nSPS) is 20.4. The minimum atomic E-state index is -0.520. The molecule has 1 atom stereocenters. The molecule has 6 nitrogen and oxygen atoms in total. The van der Waals surface area contributed by atoms with Crippen molar-refractivity contribution in [1.29, 1.82) is 0 Å². The van der Waals surface area contributed by atoms with Crippen molar-refractivity contribution in [2.24, 2.45) is 0 Å². The van der Waals surface area contributed by atoms with E-state index in [1.807, 2.05) is 0 Å². The van der Waals surface area contributed by atoms with Gasteiger partial charge in [0.1, 0.15) is 11.9 Å². The molecule has 1 fully saturated rings. The molecule has 1 aromatic heterocycles. The first-order valence-corrected chi connectivity index (χ1v) is 4.94. The van der Waals surface area contributed by atoms with E-state index < -0.39 is 6.04 Å². The number of hydrogen-bond acceptors (Lipinski definition) is 5. The molecule has 1 aliphatic rings. The molecule has 1 N–H and O–H groups in total. The molecule has 1 unspecified atom stereocenters. The number of nitrogens with zero attached hydrogens (tertiary/aromatic N) is 3. The molecule has 1 aromatic rings. The summed E-state index contributed by atoms with van der Waals surface area (Å²) in [5, 5.41) is 2.93. The molecule has 1 aliphatic heterocycles. The van der Waals surface area contributed by atoms with E-state index in [4.69, 9.17) is 0 Å². The second-order valence-corrected chi connectivity index (χ2v) is 3.68. The zero-order valence-corrected chi connectivity index (χ0v) is 9.10. The summed E-state index contributed by atoms with van der Waals surface area (Å²) < 4.78 is 0. The Morgan fingerprint density at radius 3 is 2.62 bits per heavy atom. The van der Waals surface area contributed by atoms with Gasteiger partial charge in [-0.3, -0.25) is 19.5 Å². The topological polar surface area (TPSA) is 75.2 Å². The number of aromatic nitrogens is 2. The molecule has 2 heterocycles. The highest BCUT2D eigenvalue weighted by molar-refractivity contribution is 6.06. The molecule has 0 radical (unpaired) electrons. The zero-order valence-electron chi connectivity index (χ0n) is 9.10. The van der Waals surface area contributed by atoms with Gasteiger partial charge >= 0.3 is 0 Å². The van der Waals surface area contributed by atoms with E-state index in [2.05, 4.69) is 15.3 Å². The zero-order chi connectivity index (χ0) is 11.7. The lowest BCUT2D eigenvalue weighted by Crippen LogP contribution is -2.32. The molecular formula is C10H12N4O2. The summed E-state index contributed by atoms with van der Waals surface area (Å²) in [6.45, 7) is 1.79. The van der Waals surface area contributed by atoms with Gasteiger partial charge in [-0.15, -0.1) is 0 Å². The maximum atomic E-state index is 11.6. The molecule has 2 amide bonds. The molecule has 0 spiro atoms. The fourth-order valence-corrected chi connectivity index (χ4v) is 1.58. The second-order valence-electron chi connectivity index (χ2n) is 3.68. The van der Waals surface area contributed by atoms with Gasteiger partial charge in [0.15, 0.2) is 0 Å². The van der Waals surface area contributed by atoms with E-state index in [0.717, 1.165) is 4.90 Å². The van der Waals surface area contributed by atoms with E-state index >= 15 is 0 Å². The number of rotatable bonds is 2. The number of imide groups is 1. The van der Waals surface area contributed by atoms with Crippen LogP contribution >= 0.6 is 0 Å². The summed E-state index contributed by atoms with van der Waals surface area (Å²) in [5.74, 6) is 0.142. The van der Waals surface area contributed by atoms with Gasteiger partial charge in [-0.25, -0.2) is 4.98 Å². The maximum Gasteiger partial charge on any atom is 0.251 e. The molecule has 0 bridgehead atoms. The van der Waals surface area contributed by atoms with Crippen LogP contribution in [-0.2, 0) is 9.59 Å². The number of carbonyl (C=O) groups is 2. The molecule has 1 saturated heterocycles. The highest BCUT2D eigenvalue weighted by atomic mass is 16.2. The highest BCUT2D eigenvalue weighted by Gasteiger charge is 2.36. The highest BCUT2D eigenvalue weighted by Crippen LogP contribution is 2.16. The summed E-state index contributed by atoms with van der Waals surface area (Å²) in [6.07, 6.45) is 3.29. The first-order chi connectivity index (χ1) is 7.59. The van der Waals surface area contributed by atoms with Crippen molar-refractivity contribution < 1.29 is 9.59 Å². The third kappa shape index (κ3) is 1.73. The Labute approximate surface area is 92.7 Å². The molecule has 0 saturated carbocycles. The Morgan fingerprint density at radius 2 is 2.06 bits per heavy atom. The minimum absolute atomic E-state index is 0.172. The summed E-state index contributed by atoms with van der Waals surface area (Å²) in [5.41, 5.74) is 0.706. The van der Waals surface area contributed by atoms with Crippen LogP contribution in [0, 0.1) is 6.92 Å². The Balaban J connectivity index is 2.15. The number of nitrogens with one attached hydrogen (secondary N) is 1. The number of likely N-dealkylation sites (tertiary alicyclic amines) is 1. The monoisotopic (exact) mass is 220 g/mol. The van der Waals surface area contributed by atoms with Gasteiger partial charge in [0.25, 0.3) is 5.91 Å². The Kier molecular flexibility index (Phi) is 2.55. The van der Waals surface area contributed by atoms with Crippen LogP contribution in [-0.4, -0.2) is 39.8 Å². The van der Waals surface area contributed by atoms with E-state index in [9.17, 15) is 9.59 Å². The number of hydrogen-bond donors (Lipinski definition) is 1. The molecule has 2 rings (SSSR count). The fraction of sp³-hybridized carbons (Fsp3) is 0.400. The number of aryl methyl sites for hydroxylation is 1. The van der Waals surface area contributed by atoms with E-state index in [1.54, 1.807) is 19.3 Å². The second kappa shape index (κ2) is 3.88. The minimum Gasteiger partial charge on any atom is -0.356 e. The van der Waals surface area contributed by atoms with Crippen LogP contribution in [0.25, 0.3) is 0 Å². The third-order valence-corrected chi connectivity index (χ3v) is 2.57. The molecule has 0 aliphatic carbocycles. The third-order valence-electron chi connectivity index (χ3n) is 2.57. The predicted molar refractivity (Wildman–Crippen MR) is 56.6 cm³/mol. The Bertz CT molecular complexity index is 446. The van der Waals surface area contributed by atoms with Gasteiger partial charge in [0.2, 0.25) is 5.91 Å². The quantitative estimate of drug-likeness (QED) is 0.707. The van der Waals surface area contributed by atoms with Gasteiger partial charge in [0.05, 0.1) is 12.1 Å². The van der Waals surface area contributed by atoms with Gasteiger partial charge < -0.3 is 5.32 Å². The average Bonchev–Trinajstić information content (AvgIpc) is 2.50. The SMILES string of the molecule is Cc1nccnc1NC1CC(=O)N(C)C1=O. The maximum absolute atomic E-state index is 11.6. The summed E-state index contributed by atoms with van der Waals surface area (Å²) in [4.78, 5) is 32.2. The Hall–Kier alpha value is -1.98. The number of amides is 2. The van der Waals surface area contributed by atoms with Crippen LogP contribution in [0.3, 0.4) is 0 Å². The largest absolute Gasteiger partial charge is 0.356 e. The van der Waals surface area contributed by atoms with Crippen molar-refractivity contribution in [2.75, 3.05) is 12.4 Å². The van der Waals surface area contributed by atoms with Crippen LogP contribution in [0.4, 0.5) is 5.82 Å². The predicted octanol–water partition coefficient (Wildman–Crippen LogP) is -0.0458. The van der Waals surface area contributed by atoms with Crippen LogP contribution in [0.5, 0.6) is 0 Å². The van der Waals surface area contributed by atoms with Gasteiger partial charge in [-0.2, -0.15) is 0 Å². The molecule has 0 aromatic carbocycles. The van der Waals surface area contributed by atoms with Gasteiger partial charge in [-0.1, -0.05) is 0 Å². The molecule has 84 valence electrons. The lowest BCUT2D eigenvalue weighted by molar-refractivity contribution is -0.136. The van der Waals surface area contributed by atoms with E-state index in [1.165, 1.54) is 7.05 Å². The lowest BCUT2D eigenvalue weighted by atomic mass is 10.2. The van der Waals surface area contributed by atoms with E-state index in [0.29, 0.717) is 11.5 Å². The summed E-state index contributed by atoms with van der Waals surface area (Å²) >= 11 is 0. The first kappa shape index (κ1) is 10.5. The van der Waals surface area contributed by atoms with Crippen LogP contribution in [0.15, 0.2) is 12.4 Å². The smallest absolute Gasteiger partial charge is 0.251 e. The number of carbonyl (C=O) groups excluding carboxylic acids is 2. The number of likely N-dealkylation sites (N-methyl/N-ethyl adjacent to an activating group) is 1. The van der Waals surface area contributed by atoms with Crippen molar-refractivity contribution >= 4 is 17.6 Å². The van der Waals surface area contributed by atoms with Crippen molar-refractivity contribution in [3.8, 4) is 0 Å². The van der Waals surface area contributed by atoms with Gasteiger partial charge in [0, 0.05) is 19.4 Å². The van der Waals surface area contributed by atoms with E-state index in [-0.39, 0.29) is 18.2 Å². The summed E-state index contributed by atoms with van der Waals surface area (Å²) in [7, 11) is 1.48. The van der Waals surface area contributed by atoms with Crippen LogP contribution < -0.4 is 5.32 Å². The van der Waals surface area contributed by atoms with Crippen molar-refractivity contribution in [2.45, 2.75) is 19.4 Å². The summed E-state index contributed by atoms with van der Waals surface area (Å²) in [6, 6.07) is -0.520. The van der Waals surface area contributed by atoms with Crippen LogP contribution in [0.2, 0.25) is 0 Å². The molecule has 16 heavy (non-hydrogen) atoms. The standard InChI is InChI=1S/C10H12N4O2/c1-6-9(12-4-3-11-6)13-7-5-8(15)14(2)10(7)16/h3-4,7H,5H2,1-2H3,(H,12,13).